The lowest BCUT2D eigenvalue weighted by Crippen LogP contribution is -2.49. The van der Waals surface area contributed by atoms with Gasteiger partial charge < -0.3 is 15.0 Å². The van der Waals surface area contributed by atoms with E-state index in [-0.39, 0.29) is 23.7 Å². The van der Waals surface area contributed by atoms with Crippen LogP contribution in [0.5, 0.6) is 0 Å². The fourth-order valence-corrected chi connectivity index (χ4v) is 3.01. The number of benzene rings is 1. The maximum absolute atomic E-state index is 12.3. The lowest BCUT2D eigenvalue weighted by atomic mass is 9.76. The van der Waals surface area contributed by atoms with Crippen molar-refractivity contribution in [2.45, 2.75) is 25.2 Å². The molecule has 0 spiro atoms. The van der Waals surface area contributed by atoms with Gasteiger partial charge in [-0.1, -0.05) is 37.3 Å². The summed E-state index contributed by atoms with van der Waals surface area (Å²) in [5.41, 5.74) is 1.40. The van der Waals surface area contributed by atoms with Gasteiger partial charge in [-0.15, -0.1) is 12.4 Å². The van der Waals surface area contributed by atoms with Gasteiger partial charge in [0.1, 0.15) is 0 Å². The normalized spacial score (nSPS) is 21.3. The highest BCUT2D eigenvalue weighted by Gasteiger charge is 2.34. The summed E-state index contributed by atoms with van der Waals surface area (Å²) in [5.74, 6) is 0.188. The third-order valence-electron chi connectivity index (χ3n) is 4.28. The number of carbonyl (C=O) groups excluding carboxylic acids is 1. The van der Waals surface area contributed by atoms with E-state index >= 15 is 0 Å². The van der Waals surface area contributed by atoms with Crippen molar-refractivity contribution in [2.75, 3.05) is 39.9 Å². The van der Waals surface area contributed by atoms with Crippen LogP contribution in [0.2, 0.25) is 0 Å². The summed E-state index contributed by atoms with van der Waals surface area (Å²) in [6, 6.07) is 10.5. The first kappa shape index (κ1) is 18.9. The lowest BCUT2D eigenvalue weighted by Gasteiger charge is -2.41. The Morgan fingerprint density at radius 1 is 1.36 bits per heavy atom. The van der Waals surface area contributed by atoms with Gasteiger partial charge >= 0.3 is 0 Å². The molecule has 1 aliphatic heterocycles. The van der Waals surface area contributed by atoms with E-state index < -0.39 is 0 Å². The van der Waals surface area contributed by atoms with E-state index in [0.717, 1.165) is 25.9 Å². The minimum Gasteiger partial charge on any atom is -0.383 e. The summed E-state index contributed by atoms with van der Waals surface area (Å²) >= 11 is 0. The number of ether oxygens (including phenoxy) is 1. The molecule has 1 aliphatic rings. The minimum absolute atomic E-state index is 0. The predicted octanol–water partition coefficient (Wildman–Crippen LogP) is 2.22. The van der Waals surface area contributed by atoms with Crippen molar-refractivity contribution in [2.24, 2.45) is 0 Å². The van der Waals surface area contributed by atoms with Crippen LogP contribution in [-0.4, -0.2) is 50.7 Å². The highest BCUT2D eigenvalue weighted by atomic mass is 35.5. The Hall–Kier alpha value is -1.10. The average Bonchev–Trinajstić information content (AvgIpc) is 2.52. The highest BCUT2D eigenvalue weighted by molar-refractivity contribution is 5.85. The van der Waals surface area contributed by atoms with Crippen LogP contribution in [0.1, 0.15) is 25.3 Å². The van der Waals surface area contributed by atoms with Crippen LogP contribution < -0.4 is 5.32 Å². The summed E-state index contributed by atoms with van der Waals surface area (Å²) in [6.45, 7) is 5.68. The van der Waals surface area contributed by atoms with Crippen molar-refractivity contribution >= 4 is 18.3 Å². The Labute approximate surface area is 139 Å². The second-order valence-electron chi connectivity index (χ2n) is 6.02. The maximum atomic E-state index is 12.3. The molecule has 0 radical (unpaired) electrons. The van der Waals surface area contributed by atoms with Crippen molar-refractivity contribution < 1.29 is 9.53 Å². The zero-order valence-corrected chi connectivity index (χ0v) is 14.3. The number of nitrogens with one attached hydrogen (secondary N) is 1. The molecule has 22 heavy (non-hydrogen) atoms. The first-order valence-corrected chi connectivity index (χ1v) is 7.69. The first-order chi connectivity index (χ1) is 10.2. The smallest absolute Gasteiger partial charge is 0.236 e. The van der Waals surface area contributed by atoms with Crippen LogP contribution in [0.3, 0.4) is 0 Å². The molecular formula is C17H27ClN2O2. The van der Waals surface area contributed by atoms with Crippen molar-refractivity contribution in [1.82, 2.24) is 10.2 Å². The largest absolute Gasteiger partial charge is 0.383 e. The topological polar surface area (TPSA) is 41.6 Å². The number of carbonyl (C=O) groups is 1. The highest BCUT2D eigenvalue weighted by Crippen LogP contribution is 2.33. The van der Waals surface area contributed by atoms with Gasteiger partial charge in [-0.25, -0.2) is 0 Å². The molecule has 1 fully saturated rings. The van der Waals surface area contributed by atoms with Crippen molar-refractivity contribution in [3.8, 4) is 0 Å². The molecule has 2 rings (SSSR count). The number of rotatable bonds is 6. The van der Waals surface area contributed by atoms with Crippen LogP contribution in [-0.2, 0) is 14.9 Å². The molecular weight excluding hydrogens is 300 g/mol. The molecule has 0 bridgehead atoms. The van der Waals surface area contributed by atoms with Gasteiger partial charge in [0, 0.05) is 32.2 Å². The number of halogens is 1. The Balaban J connectivity index is 0.00000242. The number of hydrogen-bond acceptors (Lipinski definition) is 3. The summed E-state index contributed by atoms with van der Waals surface area (Å²) < 4.78 is 4.97. The van der Waals surface area contributed by atoms with Crippen LogP contribution in [0.25, 0.3) is 0 Å². The van der Waals surface area contributed by atoms with Crippen LogP contribution >= 0.6 is 12.4 Å². The molecule has 1 amide bonds. The molecule has 0 aromatic heterocycles. The zero-order chi connectivity index (χ0) is 15.1. The second-order valence-corrected chi connectivity index (χ2v) is 6.02. The lowest BCUT2D eigenvalue weighted by molar-refractivity contribution is -0.132. The molecule has 0 aliphatic carbocycles. The SMILES string of the molecule is COCCNCC(=O)N1CCCC(C)(c2ccccc2)C1.Cl. The number of hydrogen-bond donors (Lipinski definition) is 1. The summed E-state index contributed by atoms with van der Waals surface area (Å²) in [4.78, 5) is 14.3. The molecule has 4 nitrogen and oxygen atoms in total. The Morgan fingerprint density at radius 3 is 2.77 bits per heavy atom. The van der Waals surface area contributed by atoms with Gasteiger partial charge in [-0.2, -0.15) is 0 Å². The molecule has 1 heterocycles. The van der Waals surface area contributed by atoms with E-state index in [1.807, 2.05) is 11.0 Å². The summed E-state index contributed by atoms with van der Waals surface area (Å²) in [7, 11) is 1.67. The Bertz CT molecular complexity index is 455. The fourth-order valence-electron chi connectivity index (χ4n) is 3.01. The maximum Gasteiger partial charge on any atom is 0.236 e. The van der Waals surface area contributed by atoms with Gasteiger partial charge in [-0.3, -0.25) is 4.79 Å². The number of nitrogens with zero attached hydrogens (tertiary/aromatic N) is 1. The fraction of sp³-hybridized carbons (Fsp3) is 0.588. The van der Waals surface area contributed by atoms with Crippen LogP contribution in [0.15, 0.2) is 30.3 Å². The number of likely N-dealkylation sites (tertiary alicyclic amines) is 1. The molecule has 0 saturated carbocycles. The third kappa shape index (κ3) is 4.97. The molecule has 1 aromatic carbocycles. The summed E-state index contributed by atoms with van der Waals surface area (Å²) in [5, 5.41) is 3.13. The Kier molecular flexibility index (Phi) is 7.87. The number of methoxy groups -OCH3 is 1. The first-order valence-electron chi connectivity index (χ1n) is 7.69. The van der Waals surface area contributed by atoms with E-state index in [9.17, 15) is 4.79 Å². The molecule has 1 atom stereocenters. The van der Waals surface area contributed by atoms with Crippen LogP contribution in [0, 0.1) is 0 Å². The number of amides is 1. The van der Waals surface area contributed by atoms with E-state index in [4.69, 9.17) is 4.74 Å². The average molecular weight is 327 g/mol. The molecule has 1 unspecified atom stereocenters. The van der Waals surface area contributed by atoms with Gasteiger partial charge in [0.2, 0.25) is 5.91 Å². The van der Waals surface area contributed by atoms with E-state index in [1.54, 1.807) is 7.11 Å². The second kappa shape index (κ2) is 9.13. The molecule has 5 heteroatoms. The van der Waals surface area contributed by atoms with Gasteiger partial charge in [-0.05, 0) is 18.4 Å². The van der Waals surface area contributed by atoms with Gasteiger partial charge in [0.25, 0.3) is 0 Å². The third-order valence-corrected chi connectivity index (χ3v) is 4.28. The summed E-state index contributed by atoms with van der Waals surface area (Å²) in [6.07, 6.45) is 2.20. The van der Waals surface area contributed by atoms with Crippen molar-refractivity contribution in [3.05, 3.63) is 35.9 Å². The molecule has 1 saturated heterocycles. The van der Waals surface area contributed by atoms with Gasteiger partial charge in [0.15, 0.2) is 0 Å². The quantitative estimate of drug-likeness (QED) is 0.815. The van der Waals surface area contributed by atoms with Crippen molar-refractivity contribution in [3.63, 3.8) is 0 Å². The zero-order valence-electron chi connectivity index (χ0n) is 13.5. The monoisotopic (exact) mass is 326 g/mol. The van der Waals surface area contributed by atoms with E-state index in [2.05, 4.69) is 36.5 Å². The molecule has 1 aromatic rings. The molecule has 124 valence electrons. The van der Waals surface area contributed by atoms with E-state index in [0.29, 0.717) is 19.7 Å². The van der Waals surface area contributed by atoms with Crippen LogP contribution in [0.4, 0.5) is 0 Å². The minimum atomic E-state index is 0. The Morgan fingerprint density at radius 2 is 2.09 bits per heavy atom. The van der Waals surface area contributed by atoms with E-state index in [1.165, 1.54) is 5.56 Å². The van der Waals surface area contributed by atoms with Crippen molar-refractivity contribution in [1.29, 1.82) is 0 Å². The predicted molar refractivity (Wildman–Crippen MR) is 91.6 cm³/mol. The van der Waals surface area contributed by atoms with Gasteiger partial charge in [0.05, 0.1) is 13.2 Å². The number of piperidine rings is 1. The standard InChI is InChI=1S/C17H26N2O2.ClH/c1-17(15-7-4-3-5-8-15)9-6-11-19(14-17)16(20)13-18-10-12-21-2;/h3-5,7-8,18H,6,9-14H2,1-2H3;1H. The molecule has 1 N–H and O–H groups in total.